The van der Waals surface area contributed by atoms with Crippen molar-refractivity contribution in [2.75, 3.05) is 27.3 Å². The molecule has 6 nitrogen and oxygen atoms in total. The van der Waals surface area contributed by atoms with E-state index in [0.717, 1.165) is 27.8 Å². The van der Waals surface area contributed by atoms with Crippen LogP contribution >= 0.6 is 0 Å². The number of fused-ring (bicyclic) bond motifs is 3. The third kappa shape index (κ3) is 2.94. The molecule has 6 heteroatoms. The average molecular weight is 360 g/mol. The highest BCUT2D eigenvalue weighted by Gasteiger charge is 2.24. The standard InChI is InChI=1S/C21H20N4O2/c1-24(12-13-27-2)21(26)17-16-10-6-7-11-25(16)20-18(17)19(22-14-23-20)15-8-4-3-5-9-15/h3-11,14H,12-13H2,1-2H3. The van der Waals surface area contributed by atoms with Crippen molar-refractivity contribution in [1.29, 1.82) is 0 Å². The van der Waals surface area contributed by atoms with Gasteiger partial charge in [-0.15, -0.1) is 0 Å². The summed E-state index contributed by atoms with van der Waals surface area (Å²) in [6, 6.07) is 15.7. The van der Waals surface area contributed by atoms with Crippen LogP contribution < -0.4 is 0 Å². The van der Waals surface area contributed by atoms with Gasteiger partial charge in [0.2, 0.25) is 0 Å². The molecule has 0 N–H and O–H groups in total. The Balaban J connectivity index is 2.02. The number of rotatable bonds is 5. The normalized spacial score (nSPS) is 11.2. The van der Waals surface area contributed by atoms with Crippen LogP contribution in [0.2, 0.25) is 0 Å². The fourth-order valence-corrected chi connectivity index (χ4v) is 3.30. The number of pyridine rings is 1. The molecular formula is C21H20N4O2. The zero-order valence-electron chi connectivity index (χ0n) is 15.3. The highest BCUT2D eigenvalue weighted by molar-refractivity contribution is 6.16. The van der Waals surface area contributed by atoms with E-state index in [0.29, 0.717) is 18.7 Å². The van der Waals surface area contributed by atoms with E-state index in [1.165, 1.54) is 0 Å². The highest BCUT2D eigenvalue weighted by Crippen LogP contribution is 2.33. The molecule has 0 saturated heterocycles. The third-order valence-corrected chi connectivity index (χ3v) is 4.66. The van der Waals surface area contributed by atoms with Crippen LogP contribution in [0.4, 0.5) is 0 Å². The van der Waals surface area contributed by atoms with E-state index in [1.54, 1.807) is 25.4 Å². The zero-order chi connectivity index (χ0) is 18.8. The van der Waals surface area contributed by atoms with E-state index >= 15 is 0 Å². The molecule has 0 unspecified atom stereocenters. The molecule has 4 aromatic rings. The minimum Gasteiger partial charge on any atom is -0.383 e. The number of hydrogen-bond donors (Lipinski definition) is 0. The van der Waals surface area contributed by atoms with Gasteiger partial charge in [-0.25, -0.2) is 9.97 Å². The van der Waals surface area contributed by atoms with Gasteiger partial charge in [0.05, 0.1) is 28.8 Å². The maximum Gasteiger partial charge on any atom is 0.256 e. The van der Waals surface area contributed by atoms with Crippen LogP contribution in [0.25, 0.3) is 27.8 Å². The van der Waals surface area contributed by atoms with Crippen LogP contribution in [0.15, 0.2) is 61.1 Å². The van der Waals surface area contributed by atoms with Crippen LogP contribution in [0.5, 0.6) is 0 Å². The number of hydrogen-bond acceptors (Lipinski definition) is 4. The Morgan fingerprint density at radius 1 is 1.11 bits per heavy atom. The molecule has 0 aliphatic heterocycles. The quantitative estimate of drug-likeness (QED) is 0.548. The molecule has 0 saturated carbocycles. The first-order valence-electron chi connectivity index (χ1n) is 8.76. The number of methoxy groups -OCH3 is 1. The molecule has 0 bridgehead atoms. The van der Waals surface area contributed by atoms with E-state index in [9.17, 15) is 4.79 Å². The van der Waals surface area contributed by atoms with Gasteiger partial charge in [-0.2, -0.15) is 0 Å². The first-order valence-corrected chi connectivity index (χ1v) is 8.76. The van der Waals surface area contributed by atoms with Crippen molar-refractivity contribution in [3.8, 4) is 11.3 Å². The SMILES string of the molecule is COCCN(C)C(=O)c1c2c(-c3ccccc3)ncnc2n2ccccc12. The third-order valence-electron chi connectivity index (χ3n) is 4.66. The second-order valence-corrected chi connectivity index (χ2v) is 6.34. The summed E-state index contributed by atoms with van der Waals surface area (Å²) in [4.78, 5) is 24.0. The first kappa shape index (κ1) is 17.2. The summed E-state index contributed by atoms with van der Waals surface area (Å²) >= 11 is 0. The van der Waals surface area contributed by atoms with E-state index in [4.69, 9.17) is 4.74 Å². The fraction of sp³-hybridized carbons (Fsp3) is 0.190. The van der Waals surface area contributed by atoms with Crippen molar-refractivity contribution < 1.29 is 9.53 Å². The van der Waals surface area contributed by atoms with E-state index < -0.39 is 0 Å². The topological polar surface area (TPSA) is 59.7 Å². The van der Waals surface area contributed by atoms with Gasteiger partial charge < -0.3 is 14.0 Å². The molecule has 136 valence electrons. The largest absolute Gasteiger partial charge is 0.383 e. The number of aromatic nitrogens is 3. The molecule has 1 amide bonds. The molecule has 0 spiro atoms. The summed E-state index contributed by atoms with van der Waals surface area (Å²) in [5.41, 5.74) is 3.87. The van der Waals surface area contributed by atoms with Crippen molar-refractivity contribution in [3.63, 3.8) is 0 Å². The van der Waals surface area contributed by atoms with Gasteiger partial charge >= 0.3 is 0 Å². The Kier molecular flexibility index (Phi) is 4.56. The average Bonchev–Trinajstić information content (AvgIpc) is 3.06. The molecule has 0 aliphatic carbocycles. The van der Waals surface area contributed by atoms with Crippen molar-refractivity contribution >= 4 is 22.5 Å². The van der Waals surface area contributed by atoms with Crippen LogP contribution in [0.1, 0.15) is 10.4 Å². The molecule has 0 aliphatic rings. The molecule has 27 heavy (non-hydrogen) atoms. The lowest BCUT2D eigenvalue weighted by Crippen LogP contribution is -2.30. The summed E-state index contributed by atoms with van der Waals surface area (Å²) in [6.07, 6.45) is 3.47. The summed E-state index contributed by atoms with van der Waals surface area (Å²) in [7, 11) is 3.41. The van der Waals surface area contributed by atoms with Gasteiger partial charge in [-0.05, 0) is 12.1 Å². The molecule has 4 rings (SSSR count). The molecule has 1 aromatic carbocycles. The maximum atomic E-state index is 13.3. The van der Waals surface area contributed by atoms with Gasteiger partial charge in [-0.1, -0.05) is 36.4 Å². The van der Waals surface area contributed by atoms with E-state index in [2.05, 4.69) is 9.97 Å². The van der Waals surface area contributed by atoms with Gasteiger partial charge in [0.1, 0.15) is 12.0 Å². The van der Waals surface area contributed by atoms with Crippen LogP contribution in [0.3, 0.4) is 0 Å². The van der Waals surface area contributed by atoms with E-state index in [1.807, 2.05) is 59.1 Å². The van der Waals surface area contributed by atoms with Crippen molar-refractivity contribution in [1.82, 2.24) is 19.3 Å². The molecular weight excluding hydrogens is 340 g/mol. The number of benzene rings is 1. The number of nitrogens with zero attached hydrogens (tertiary/aromatic N) is 4. The van der Waals surface area contributed by atoms with Crippen molar-refractivity contribution in [2.24, 2.45) is 0 Å². The Morgan fingerprint density at radius 2 is 1.89 bits per heavy atom. The second-order valence-electron chi connectivity index (χ2n) is 6.34. The Hall–Kier alpha value is -3.25. The number of carbonyl (C=O) groups excluding carboxylic acids is 1. The monoisotopic (exact) mass is 360 g/mol. The van der Waals surface area contributed by atoms with Gasteiger partial charge in [0.25, 0.3) is 5.91 Å². The van der Waals surface area contributed by atoms with Crippen LogP contribution in [-0.4, -0.2) is 52.5 Å². The predicted octanol–water partition coefficient (Wildman–Crippen LogP) is 3.27. The molecule has 0 fully saturated rings. The lowest BCUT2D eigenvalue weighted by Gasteiger charge is -2.17. The highest BCUT2D eigenvalue weighted by atomic mass is 16.5. The summed E-state index contributed by atoms with van der Waals surface area (Å²) in [5.74, 6) is -0.0715. The summed E-state index contributed by atoms with van der Waals surface area (Å²) in [5, 5.41) is 0.768. The van der Waals surface area contributed by atoms with Crippen LogP contribution in [-0.2, 0) is 4.74 Å². The van der Waals surface area contributed by atoms with Gasteiger partial charge in [-0.3, -0.25) is 4.79 Å². The van der Waals surface area contributed by atoms with Crippen LogP contribution in [0, 0.1) is 0 Å². The molecule has 3 heterocycles. The Morgan fingerprint density at radius 3 is 2.67 bits per heavy atom. The minimum atomic E-state index is -0.0715. The number of likely N-dealkylation sites (N-methyl/N-ethyl adjacent to an activating group) is 1. The lowest BCUT2D eigenvalue weighted by atomic mass is 10.0. The lowest BCUT2D eigenvalue weighted by molar-refractivity contribution is 0.0748. The number of carbonyl (C=O) groups is 1. The van der Waals surface area contributed by atoms with Gasteiger partial charge in [0.15, 0.2) is 0 Å². The number of amides is 1. The molecule has 0 atom stereocenters. The predicted molar refractivity (Wildman–Crippen MR) is 105 cm³/mol. The van der Waals surface area contributed by atoms with E-state index in [-0.39, 0.29) is 5.91 Å². The Labute approximate surface area is 157 Å². The van der Waals surface area contributed by atoms with Crippen molar-refractivity contribution in [2.45, 2.75) is 0 Å². The number of ether oxygens (including phenoxy) is 1. The molecule has 0 radical (unpaired) electrons. The summed E-state index contributed by atoms with van der Waals surface area (Å²) < 4.78 is 7.07. The zero-order valence-corrected chi connectivity index (χ0v) is 15.3. The Bertz CT molecular complexity index is 1110. The van der Waals surface area contributed by atoms with Crippen molar-refractivity contribution in [3.05, 3.63) is 66.6 Å². The smallest absolute Gasteiger partial charge is 0.256 e. The minimum absolute atomic E-state index is 0.0715. The second kappa shape index (κ2) is 7.17. The fourth-order valence-electron chi connectivity index (χ4n) is 3.30. The maximum absolute atomic E-state index is 13.3. The first-order chi connectivity index (χ1) is 13.2. The van der Waals surface area contributed by atoms with Gasteiger partial charge in [0, 0.05) is 32.5 Å². The summed E-state index contributed by atoms with van der Waals surface area (Å²) in [6.45, 7) is 0.989. The molecule has 3 aromatic heterocycles.